The Balaban J connectivity index is 2.50. The minimum Gasteiger partial charge on any atom is -0.460 e. The Morgan fingerprint density at radius 2 is 1.76 bits per heavy atom. The minimum absolute atomic E-state index is 0.0711. The number of carbonyl (C=O) groups excluding carboxylic acids is 1. The van der Waals surface area contributed by atoms with E-state index in [1.54, 1.807) is 7.11 Å². The second kappa shape index (κ2) is 8.15. The second-order valence-electron chi connectivity index (χ2n) is 6.02. The zero-order valence-electron chi connectivity index (χ0n) is 13.7. The highest BCUT2D eigenvalue weighted by Gasteiger charge is 2.17. The molecule has 0 atom stereocenters. The molecule has 0 radical (unpaired) electrons. The topological polar surface area (TPSA) is 44.8 Å². The Morgan fingerprint density at radius 3 is 2.33 bits per heavy atom. The molecule has 0 aliphatic heterocycles. The van der Waals surface area contributed by atoms with Gasteiger partial charge in [-0.15, -0.1) is 0 Å². The summed E-state index contributed by atoms with van der Waals surface area (Å²) >= 11 is 0. The molecule has 0 aromatic heterocycles. The second-order valence-corrected chi connectivity index (χ2v) is 6.02. The number of hydrogen-bond donors (Lipinski definition) is 0. The zero-order chi connectivity index (χ0) is 15.9. The lowest BCUT2D eigenvalue weighted by Gasteiger charge is -2.22. The first-order valence-corrected chi connectivity index (χ1v) is 7.21. The van der Waals surface area contributed by atoms with Crippen molar-refractivity contribution in [2.24, 2.45) is 0 Å². The van der Waals surface area contributed by atoms with E-state index in [0.29, 0.717) is 25.4 Å². The van der Waals surface area contributed by atoms with Crippen LogP contribution in [0.2, 0.25) is 0 Å². The number of methoxy groups -OCH3 is 1. The van der Waals surface area contributed by atoms with E-state index in [9.17, 15) is 4.79 Å². The highest BCUT2D eigenvalue weighted by Crippen LogP contribution is 2.26. The van der Waals surface area contributed by atoms with Crippen molar-refractivity contribution in [2.75, 3.05) is 33.5 Å². The Bertz CT molecular complexity index is 460. The van der Waals surface area contributed by atoms with Gasteiger partial charge in [-0.25, -0.2) is 4.79 Å². The fourth-order valence-corrected chi connectivity index (χ4v) is 2.15. The Kier molecular flexibility index (Phi) is 6.85. The molecule has 0 bridgehead atoms. The summed E-state index contributed by atoms with van der Waals surface area (Å²) in [6, 6.07) is 5.71. The largest absolute Gasteiger partial charge is 0.460 e. The summed E-state index contributed by atoms with van der Waals surface area (Å²) in [5.74, 6) is -0.311. The number of rotatable bonds is 7. The molecule has 0 heterocycles. The number of hydrogen-bond acceptors (Lipinski definition) is 4. The molecule has 0 spiro atoms. The molecule has 0 aliphatic rings. The van der Waals surface area contributed by atoms with Crippen molar-refractivity contribution in [1.82, 2.24) is 0 Å². The number of ether oxygens (including phenoxy) is 3. The van der Waals surface area contributed by atoms with E-state index in [0.717, 1.165) is 5.56 Å². The molecule has 118 valence electrons. The van der Waals surface area contributed by atoms with E-state index < -0.39 is 0 Å². The predicted octanol–water partition coefficient (Wildman–Crippen LogP) is 3.11. The summed E-state index contributed by atoms with van der Waals surface area (Å²) in [5.41, 5.74) is 2.99. The van der Waals surface area contributed by atoms with Gasteiger partial charge >= 0.3 is 5.97 Å². The molecular formula is C17H26O4. The quantitative estimate of drug-likeness (QED) is 0.572. The summed E-state index contributed by atoms with van der Waals surface area (Å²) in [7, 11) is 1.62. The van der Waals surface area contributed by atoms with Gasteiger partial charge in [-0.3, -0.25) is 0 Å². The van der Waals surface area contributed by atoms with Crippen LogP contribution in [-0.4, -0.2) is 39.5 Å². The molecule has 0 saturated heterocycles. The highest BCUT2D eigenvalue weighted by molar-refractivity contribution is 5.89. The van der Waals surface area contributed by atoms with Crippen LogP contribution in [0.1, 0.15) is 42.3 Å². The van der Waals surface area contributed by atoms with E-state index in [1.165, 1.54) is 5.56 Å². The van der Waals surface area contributed by atoms with Gasteiger partial charge in [0.2, 0.25) is 0 Å². The molecule has 4 heteroatoms. The molecule has 0 saturated carbocycles. The maximum absolute atomic E-state index is 11.9. The maximum atomic E-state index is 11.9. The standard InChI is InChI=1S/C17H26O4/c1-13-12-14(6-7-15(13)17(2,3)4)16(18)21-11-10-20-9-8-19-5/h6-7,12H,8-11H2,1-5H3. The molecule has 4 nitrogen and oxygen atoms in total. The van der Waals surface area contributed by atoms with Crippen molar-refractivity contribution in [3.63, 3.8) is 0 Å². The van der Waals surface area contributed by atoms with E-state index >= 15 is 0 Å². The van der Waals surface area contributed by atoms with Gasteiger partial charge in [-0.2, -0.15) is 0 Å². The smallest absolute Gasteiger partial charge is 0.338 e. The van der Waals surface area contributed by atoms with Crippen LogP contribution < -0.4 is 0 Å². The summed E-state index contributed by atoms with van der Waals surface area (Å²) in [4.78, 5) is 11.9. The molecule has 1 aromatic carbocycles. The van der Waals surface area contributed by atoms with Gasteiger partial charge in [-0.05, 0) is 35.6 Å². The molecule has 1 aromatic rings. The van der Waals surface area contributed by atoms with Crippen molar-refractivity contribution in [3.05, 3.63) is 34.9 Å². The van der Waals surface area contributed by atoms with Gasteiger partial charge in [0.15, 0.2) is 0 Å². The van der Waals surface area contributed by atoms with Crippen LogP contribution in [-0.2, 0) is 19.6 Å². The summed E-state index contributed by atoms with van der Waals surface area (Å²) < 4.78 is 15.3. The maximum Gasteiger partial charge on any atom is 0.338 e. The van der Waals surface area contributed by atoms with E-state index in [-0.39, 0.29) is 18.0 Å². The van der Waals surface area contributed by atoms with Crippen LogP contribution in [0, 0.1) is 6.92 Å². The van der Waals surface area contributed by atoms with Gasteiger partial charge in [0, 0.05) is 7.11 Å². The third-order valence-electron chi connectivity index (χ3n) is 3.16. The third kappa shape index (κ3) is 5.86. The lowest BCUT2D eigenvalue weighted by molar-refractivity contribution is 0.0213. The lowest BCUT2D eigenvalue weighted by Crippen LogP contribution is -2.15. The average Bonchev–Trinajstić information content (AvgIpc) is 2.41. The first-order valence-electron chi connectivity index (χ1n) is 7.21. The van der Waals surface area contributed by atoms with Gasteiger partial charge in [0.25, 0.3) is 0 Å². The predicted molar refractivity (Wildman–Crippen MR) is 82.9 cm³/mol. The molecule has 1 rings (SSSR count). The van der Waals surface area contributed by atoms with Crippen molar-refractivity contribution < 1.29 is 19.0 Å². The van der Waals surface area contributed by atoms with E-state index in [2.05, 4.69) is 20.8 Å². The molecule has 0 fully saturated rings. The molecule has 0 unspecified atom stereocenters. The molecule has 0 N–H and O–H groups in total. The van der Waals surface area contributed by atoms with E-state index in [4.69, 9.17) is 14.2 Å². The number of benzene rings is 1. The van der Waals surface area contributed by atoms with Gasteiger partial charge in [0.1, 0.15) is 6.61 Å². The Morgan fingerprint density at radius 1 is 1.10 bits per heavy atom. The number of esters is 1. The molecule has 0 aliphatic carbocycles. The molecule has 21 heavy (non-hydrogen) atoms. The first kappa shape index (κ1) is 17.7. The van der Waals surface area contributed by atoms with Gasteiger partial charge in [-0.1, -0.05) is 26.8 Å². The van der Waals surface area contributed by atoms with Crippen LogP contribution in [0.5, 0.6) is 0 Å². The monoisotopic (exact) mass is 294 g/mol. The Hall–Kier alpha value is -1.39. The van der Waals surface area contributed by atoms with E-state index in [1.807, 2.05) is 25.1 Å². The number of carbonyl (C=O) groups is 1. The summed E-state index contributed by atoms with van der Waals surface area (Å²) in [6.07, 6.45) is 0. The Labute approximate surface area is 127 Å². The average molecular weight is 294 g/mol. The summed E-state index contributed by atoms with van der Waals surface area (Å²) in [6.45, 7) is 10.2. The highest BCUT2D eigenvalue weighted by atomic mass is 16.6. The van der Waals surface area contributed by atoms with Crippen molar-refractivity contribution in [1.29, 1.82) is 0 Å². The van der Waals surface area contributed by atoms with Crippen LogP contribution in [0.3, 0.4) is 0 Å². The van der Waals surface area contributed by atoms with Crippen LogP contribution in [0.4, 0.5) is 0 Å². The first-order chi connectivity index (χ1) is 9.86. The van der Waals surface area contributed by atoms with Crippen LogP contribution >= 0.6 is 0 Å². The minimum atomic E-state index is -0.311. The van der Waals surface area contributed by atoms with Crippen LogP contribution in [0.15, 0.2) is 18.2 Å². The lowest BCUT2D eigenvalue weighted by atomic mass is 9.83. The van der Waals surface area contributed by atoms with Gasteiger partial charge in [0.05, 0.1) is 25.4 Å². The van der Waals surface area contributed by atoms with Crippen molar-refractivity contribution >= 4 is 5.97 Å². The van der Waals surface area contributed by atoms with Crippen LogP contribution in [0.25, 0.3) is 0 Å². The SMILES string of the molecule is COCCOCCOC(=O)c1ccc(C(C)(C)C)c(C)c1. The number of aryl methyl sites for hydroxylation is 1. The van der Waals surface area contributed by atoms with Crippen molar-refractivity contribution in [3.8, 4) is 0 Å². The zero-order valence-corrected chi connectivity index (χ0v) is 13.7. The third-order valence-corrected chi connectivity index (χ3v) is 3.16. The normalized spacial score (nSPS) is 11.5. The fourth-order valence-electron chi connectivity index (χ4n) is 2.15. The summed E-state index contributed by atoms with van der Waals surface area (Å²) in [5, 5.41) is 0. The molecule has 0 amide bonds. The fraction of sp³-hybridized carbons (Fsp3) is 0.588. The van der Waals surface area contributed by atoms with Gasteiger partial charge < -0.3 is 14.2 Å². The molecular weight excluding hydrogens is 268 g/mol. The van der Waals surface area contributed by atoms with Crippen molar-refractivity contribution in [2.45, 2.75) is 33.1 Å².